The molecule has 0 atom stereocenters. The fourth-order valence-electron chi connectivity index (χ4n) is 5.62. The Morgan fingerprint density at radius 3 is 1.12 bits per heavy atom. The van der Waals surface area contributed by atoms with E-state index < -0.39 is 0 Å². The van der Waals surface area contributed by atoms with E-state index in [2.05, 4.69) is 160 Å². The van der Waals surface area contributed by atoms with E-state index in [0.717, 1.165) is 28.5 Å². The zero-order valence-corrected chi connectivity index (χ0v) is 47.5. The van der Waals surface area contributed by atoms with E-state index in [9.17, 15) is 8.78 Å². The summed E-state index contributed by atoms with van der Waals surface area (Å²) in [6.45, 7) is 43.9. The van der Waals surface area contributed by atoms with Crippen LogP contribution in [0.3, 0.4) is 0 Å². The summed E-state index contributed by atoms with van der Waals surface area (Å²) in [5.41, 5.74) is 6.33. The van der Waals surface area contributed by atoms with Gasteiger partial charge >= 0.3 is 0 Å². The van der Waals surface area contributed by atoms with Crippen molar-refractivity contribution in [2.45, 2.75) is 183 Å². The van der Waals surface area contributed by atoms with E-state index >= 15 is 0 Å². The molecule has 0 aliphatic heterocycles. The molecular weight excluding hydrogens is 899 g/mol. The zero-order valence-electron chi connectivity index (χ0n) is 47.5. The molecule has 0 saturated carbocycles. The van der Waals surface area contributed by atoms with Crippen LogP contribution >= 0.6 is 0 Å². The van der Waals surface area contributed by atoms with Gasteiger partial charge in [0.05, 0.1) is 17.6 Å². The van der Waals surface area contributed by atoms with Gasteiger partial charge in [-0.25, -0.2) is 28.7 Å². The predicted octanol–water partition coefficient (Wildman–Crippen LogP) is 15.1. The van der Waals surface area contributed by atoms with Crippen molar-refractivity contribution in [3.63, 3.8) is 0 Å². The lowest BCUT2D eigenvalue weighted by Crippen LogP contribution is -2.14. The highest BCUT2D eigenvalue weighted by Crippen LogP contribution is 2.25. The molecule has 0 amide bonds. The second-order valence-electron chi connectivity index (χ2n) is 24.2. The van der Waals surface area contributed by atoms with Crippen molar-refractivity contribution in [3.05, 3.63) is 192 Å². The molecule has 0 radical (unpaired) electrons. The number of hydrogen-bond donors (Lipinski definition) is 0. The van der Waals surface area contributed by atoms with Crippen molar-refractivity contribution in [1.29, 1.82) is 0 Å². The lowest BCUT2D eigenvalue weighted by Gasteiger charge is -2.19. The van der Waals surface area contributed by atoms with Crippen LogP contribution in [0, 0.1) is 11.6 Å². The Morgan fingerprint density at radius 1 is 0.319 bits per heavy atom. The molecule has 7 rings (SSSR count). The first-order chi connectivity index (χ1) is 33.1. The molecule has 390 valence electrons. The number of nitrogens with zero attached hydrogens (tertiary/aromatic N) is 10. The van der Waals surface area contributed by atoms with Crippen molar-refractivity contribution in [1.82, 2.24) is 50.1 Å². The second-order valence-corrected chi connectivity index (χ2v) is 24.2. The van der Waals surface area contributed by atoms with Crippen LogP contribution in [0.2, 0.25) is 0 Å². The van der Waals surface area contributed by atoms with Gasteiger partial charge in [0.2, 0.25) is 0 Å². The Hall–Kier alpha value is -6.30. The monoisotopic (exact) mass is 985 g/mol. The molecule has 12 heteroatoms. The number of aromatic nitrogens is 10. The van der Waals surface area contributed by atoms with Gasteiger partial charge in [-0.05, 0) is 75.4 Å². The standard InChI is InChI=1S/C10H13F.C9H12FN.C9H13N.4C8H12N2/c1-10(2,3)8-6-4-5-7-9(8)11;1-9(2,3)7-4-5-11-6-8(7)10;1-9(2,3)8-6-4-5-7-10-8;1-8(2,3)7-4-9-6-10-5-7;1-8(2,3)7-6-9-4-5-10-7;1-8(2,3)7-9-5-4-6-10-7;1-8(2,3)7-5-4-6-9-10-7/h4-7H,1-3H3;4-6H,1-3H3;4-7H,1-3H3;4*4-6H,1-3H3. The second kappa shape index (κ2) is 28.7. The van der Waals surface area contributed by atoms with Gasteiger partial charge < -0.3 is 0 Å². The molecule has 0 saturated heterocycles. The molecule has 1 aromatic carbocycles. The highest BCUT2D eigenvalue weighted by molar-refractivity contribution is 5.24. The molecule has 0 unspecified atom stereocenters. The third kappa shape index (κ3) is 26.2. The van der Waals surface area contributed by atoms with Gasteiger partial charge in [0.25, 0.3) is 0 Å². The maximum atomic E-state index is 13.1. The summed E-state index contributed by atoms with van der Waals surface area (Å²) >= 11 is 0. The smallest absolute Gasteiger partial charge is 0.145 e. The average molecular weight is 985 g/mol. The minimum Gasteiger partial charge on any atom is -0.262 e. The summed E-state index contributed by atoms with van der Waals surface area (Å²) in [6.07, 6.45) is 20.4. The highest BCUT2D eigenvalue weighted by Gasteiger charge is 2.19. The van der Waals surface area contributed by atoms with Crippen molar-refractivity contribution < 1.29 is 8.78 Å². The summed E-state index contributed by atoms with van der Waals surface area (Å²) in [5, 5.41) is 7.80. The predicted molar refractivity (Wildman–Crippen MR) is 294 cm³/mol. The molecule has 0 N–H and O–H groups in total. The maximum Gasteiger partial charge on any atom is 0.145 e. The summed E-state index contributed by atoms with van der Waals surface area (Å²) < 4.78 is 26.1. The largest absolute Gasteiger partial charge is 0.262 e. The molecule has 0 fully saturated rings. The van der Waals surface area contributed by atoms with E-state index in [4.69, 9.17) is 0 Å². The van der Waals surface area contributed by atoms with Gasteiger partial charge in [-0.1, -0.05) is 170 Å². The zero-order chi connectivity index (χ0) is 55.0. The first-order valence-electron chi connectivity index (χ1n) is 24.4. The fraction of sp³-hybridized carbons (Fsp3) is 0.467. The summed E-state index contributed by atoms with van der Waals surface area (Å²) in [5.74, 6) is 0.565. The van der Waals surface area contributed by atoms with Crippen LogP contribution in [-0.2, 0) is 37.9 Å². The number of halogens is 2. The normalized spacial score (nSPS) is 11.5. The van der Waals surface area contributed by atoms with Crippen LogP contribution in [0.5, 0.6) is 0 Å². The lowest BCUT2D eigenvalue weighted by atomic mass is 9.87. The molecule has 0 bridgehead atoms. The summed E-state index contributed by atoms with van der Waals surface area (Å²) in [6, 6.07) is 20.4. The number of pyridine rings is 2. The Kier molecular flexibility index (Phi) is 25.4. The number of rotatable bonds is 0. The number of hydrogen-bond acceptors (Lipinski definition) is 10. The molecular formula is C60H86F2N10. The average Bonchev–Trinajstić information content (AvgIpc) is 3.30. The Bertz CT molecular complexity index is 2150. The topological polar surface area (TPSA) is 129 Å². The van der Waals surface area contributed by atoms with E-state index in [1.807, 2.05) is 103 Å². The summed E-state index contributed by atoms with van der Waals surface area (Å²) in [7, 11) is 0. The van der Waals surface area contributed by atoms with Gasteiger partial charge in [0.1, 0.15) is 23.8 Å². The van der Waals surface area contributed by atoms with Crippen molar-refractivity contribution >= 4 is 0 Å². The third-order valence-corrected chi connectivity index (χ3v) is 10.0. The van der Waals surface area contributed by atoms with Gasteiger partial charge in [-0.3, -0.25) is 19.9 Å². The van der Waals surface area contributed by atoms with E-state index in [-0.39, 0.29) is 49.5 Å². The summed E-state index contributed by atoms with van der Waals surface area (Å²) in [4.78, 5) is 32.3. The lowest BCUT2D eigenvalue weighted by molar-refractivity contribution is 0.519. The molecule has 6 aromatic heterocycles. The van der Waals surface area contributed by atoms with Crippen LogP contribution in [0.15, 0.2) is 141 Å². The molecule has 7 aromatic rings. The molecule has 0 spiro atoms. The van der Waals surface area contributed by atoms with Gasteiger partial charge in [0, 0.05) is 89.3 Å². The van der Waals surface area contributed by atoms with Crippen LogP contribution in [0.1, 0.15) is 185 Å². The quantitative estimate of drug-likeness (QED) is 0.145. The van der Waals surface area contributed by atoms with Gasteiger partial charge in [0.15, 0.2) is 0 Å². The van der Waals surface area contributed by atoms with Crippen molar-refractivity contribution in [2.24, 2.45) is 0 Å². The van der Waals surface area contributed by atoms with E-state index in [1.54, 1.807) is 61.8 Å². The first kappa shape index (κ1) is 63.7. The number of benzene rings is 1. The molecule has 6 heterocycles. The van der Waals surface area contributed by atoms with Gasteiger partial charge in [-0.15, -0.1) is 0 Å². The molecule has 0 aliphatic rings. The van der Waals surface area contributed by atoms with E-state index in [1.165, 1.54) is 17.8 Å². The molecule has 0 aliphatic carbocycles. The minimum absolute atomic E-state index is 0.0707. The van der Waals surface area contributed by atoms with Crippen molar-refractivity contribution in [3.8, 4) is 0 Å². The minimum atomic E-state index is -0.222. The van der Waals surface area contributed by atoms with Crippen LogP contribution < -0.4 is 0 Å². The molecule has 10 nitrogen and oxygen atoms in total. The van der Waals surface area contributed by atoms with Crippen LogP contribution in [0.4, 0.5) is 8.78 Å². The highest BCUT2D eigenvalue weighted by atomic mass is 19.1. The van der Waals surface area contributed by atoms with Crippen LogP contribution in [-0.4, -0.2) is 50.1 Å². The van der Waals surface area contributed by atoms with Gasteiger partial charge in [-0.2, -0.15) is 10.2 Å². The SMILES string of the molecule is CC(C)(C)c1ccccc1F.CC(C)(C)c1ccccn1.CC(C)(C)c1cccnn1.CC(C)(C)c1ccncc1F.CC(C)(C)c1cnccn1.CC(C)(C)c1cncnc1.CC(C)(C)c1ncccn1. The van der Waals surface area contributed by atoms with E-state index in [0.29, 0.717) is 5.56 Å². The fourth-order valence-corrected chi connectivity index (χ4v) is 5.62. The Labute approximate surface area is 433 Å². The first-order valence-corrected chi connectivity index (χ1v) is 24.4. The van der Waals surface area contributed by atoms with Crippen molar-refractivity contribution in [2.75, 3.05) is 0 Å². The maximum absolute atomic E-state index is 13.1. The third-order valence-electron chi connectivity index (χ3n) is 10.0. The van der Waals surface area contributed by atoms with Crippen LogP contribution in [0.25, 0.3) is 0 Å². The Morgan fingerprint density at radius 2 is 0.806 bits per heavy atom. The Balaban J connectivity index is 0.000000420. The molecule has 72 heavy (non-hydrogen) atoms.